The van der Waals surface area contributed by atoms with E-state index >= 15 is 0 Å². The van der Waals surface area contributed by atoms with Gasteiger partial charge in [-0.2, -0.15) is 0 Å². The third-order valence-corrected chi connectivity index (χ3v) is 6.11. The standard InChI is InChI=1S/C18H14ClN3O6S2/c1-28-16-4-3-10(7-14(16)19)15-9-29-18(20-15)21-17(23)11-5-12(22(24)25)8-13(6-11)30(2,26)27/h3-9H,1-2H3,(H,20,21,23). The molecule has 2 aromatic carbocycles. The number of nitro groups is 1. The van der Waals surface area contributed by atoms with Gasteiger partial charge in [-0.25, -0.2) is 13.4 Å². The maximum absolute atomic E-state index is 12.6. The zero-order chi connectivity index (χ0) is 22.1. The van der Waals surface area contributed by atoms with Gasteiger partial charge in [0.1, 0.15) is 5.75 Å². The molecule has 0 saturated carbocycles. The number of aromatic nitrogens is 1. The average Bonchev–Trinajstić information content (AvgIpc) is 3.15. The van der Waals surface area contributed by atoms with Crippen LogP contribution in [0.15, 0.2) is 46.7 Å². The highest BCUT2D eigenvalue weighted by Gasteiger charge is 2.20. The van der Waals surface area contributed by atoms with E-state index in [4.69, 9.17) is 16.3 Å². The van der Waals surface area contributed by atoms with E-state index in [1.165, 1.54) is 7.11 Å². The third-order valence-electron chi connectivity index (χ3n) is 3.96. The monoisotopic (exact) mass is 467 g/mol. The molecule has 9 nitrogen and oxygen atoms in total. The van der Waals surface area contributed by atoms with E-state index in [1.807, 2.05) is 0 Å². The number of nitrogens with zero attached hydrogens (tertiary/aromatic N) is 2. The molecular formula is C18H14ClN3O6S2. The number of non-ortho nitro benzene ring substituents is 1. The van der Waals surface area contributed by atoms with Gasteiger partial charge in [0.2, 0.25) is 0 Å². The van der Waals surface area contributed by atoms with Crippen LogP contribution in [0.3, 0.4) is 0 Å². The van der Waals surface area contributed by atoms with Crippen LogP contribution in [0.1, 0.15) is 10.4 Å². The lowest BCUT2D eigenvalue weighted by Gasteiger charge is -2.05. The van der Waals surface area contributed by atoms with Gasteiger partial charge in [-0.3, -0.25) is 20.2 Å². The molecule has 0 aliphatic rings. The molecule has 0 bridgehead atoms. The Labute approximate surface area is 180 Å². The highest BCUT2D eigenvalue weighted by Crippen LogP contribution is 2.32. The van der Waals surface area contributed by atoms with Gasteiger partial charge in [0.05, 0.1) is 27.6 Å². The molecule has 0 unspecified atom stereocenters. The maximum Gasteiger partial charge on any atom is 0.271 e. The summed E-state index contributed by atoms with van der Waals surface area (Å²) in [5.41, 5.74) is 0.577. The summed E-state index contributed by atoms with van der Waals surface area (Å²) in [4.78, 5) is 26.9. The fourth-order valence-corrected chi connectivity index (χ4v) is 4.14. The highest BCUT2D eigenvalue weighted by molar-refractivity contribution is 7.90. The van der Waals surface area contributed by atoms with Gasteiger partial charge in [0.25, 0.3) is 11.6 Å². The molecule has 0 spiro atoms. The maximum atomic E-state index is 12.6. The van der Waals surface area contributed by atoms with Crippen molar-refractivity contribution in [2.24, 2.45) is 0 Å². The first-order valence-electron chi connectivity index (χ1n) is 8.19. The molecule has 0 aliphatic heterocycles. The molecule has 0 saturated heterocycles. The number of hydrogen-bond donors (Lipinski definition) is 1. The number of carbonyl (C=O) groups is 1. The zero-order valence-electron chi connectivity index (χ0n) is 15.6. The lowest BCUT2D eigenvalue weighted by Crippen LogP contribution is -2.13. The molecule has 0 radical (unpaired) electrons. The SMILES string of the molecule is COc1ccc(-c2csc(NC(=O)c3cc([N+](=O)[O-])cc(S(C)(=O)=O)c3)n2)cc1Cl. The molecule has 12 heteroatoms. The van der Waals surface area contributed by atoms with E-state index in [0.717, 1.165) is 35.8 Å². The Bertz CT molecular complexity index is 1260. The number of thiazole rings is 1. The van der Waals surface area contributed by atoms with Gasteiger partial charge in [-0.15, -0.1) is 11.3 Å². The van der Waals surface area contributed by atoms with Crippen molar-refractivity contribution >= 4 is 49.5 Å². The van der Waals surface area contributed by atoms with E-state index in [2.05, 4.69) is 10.3 Å². The molecule has 3 aromatic rings. The van der Waals surface area contributed by atoms with Crippen molar-refractivity contribution < 1.29 is 22.9 Å². The predicted molar refractivity (Wildman–Crippen MR) is 113 cm³/mol. The number of halogens is 1. The van der Waals surface area contributed by atoms with Crippen molar-refractivity contribution in [2.45, 2.75) is 4.90 Å². The minimum absolute atomic E-state index is 0.172. The Morgan fingerprint density at radius 1 is 1.27 bits per heavy atom. The Morgan fingerprint density at radius 2 is 2.00 bits per heavy atom. The van der Waals surface area contributed by atoms with Crippen LogP contribution >= 0.6 is 22.9 Å². The van der Waals surface area contributed by atoms with Crippen LogP contribution in [-0.4, -0.2) is 37.6 Å². The van der Waals surface area contributed by atoms with Crippen LogP contribution in [0.25, 0.3) is 11.3 Å². The second-order valence-electron chi connectivity index (χ2n) is 6.09. The molecule has 156 valence electrons. The molecule has 0 aliphatic carbocycles. The lowest BCUT2D eigenvalue weighted by atomic mass is 10.2. The number of nitrogens with one attached hydrogen (secondary N) is 1. The summed E-state index contributed by atoms with van der Waals surface area (Å²) in [6, 6.07) is 8.09. The van der Waals surface area contributed by atoms with Crippen molar-refractivity contribution in [3.63, 3.8) is 0 Å². The minimum atomic E-state index is -3.75. The van der Waals surface area contributed by atoms with Gasteiger partial charge >= 0.3 is 0 Å². The number of hydrogen-bond acceptors (Lipinski definition) is 8. The number of benzene rings is 2. The van der Waals surface area contributed by atoms with Gasteiger partial charge in [0, 0.05) is 34.9 Å². The van der Waals surface area contributed by atoms with Gasteiger partial charge in [-0.1, -0.05) is 11.6 Å². The normalized spacial score (nSPS) is 11.2. The number of methoxy groups -OCH3 is 1. The molecule has 1 amide bonds. The molecule has 1 N–H and O–H groups in total. The van der Waals surface area contributed by atoms with Gasteiger partial charge in [-0.05, 0) is 24.3 Å². The number of nitro benzene ring substituents is 1. The Balaban J connectivity index is 1.88. The number of ether oxygens (including phenoxy) is 1. The van der Waals surface area contributed by atoms with Crippen LogP contribution < -0.4 is 10.1 Å². The van der Waals surface area contributed by atoms with Crippen molar-refractivity contribution in [3.05, 3.63) is 62.5 Å². The van der Waals surface area contributed by atoms with Crippen molar-refractivity contribution in [3.8, 4) is 17.0 Å². The number of sulfone groups is 1. The second-order valence-corrected chi connectivity index (χ2v) is 9.37. The molecular weight excluding hydrogens is 454 g/mol. The fraction of sp³-hybridized carbons (Fsp3) is 0.111. The quantitative estimate of drug-likeness (QED) is 0.428. The van der Waals surface area contributed by atoms with Crippen molar-refractivity contribution in [1.29, 1.82) is 0 Å². The summed E-state index contributed by atoms with van der Waals surface area (Å²) in [5.74, 6) is -0.214. The second kappa shape index (κ2) is 8.38. The Kier molecular flexibility index (Phi) is 6.06. The molecule has 30 heavy (non-hydrogen) atoms. The number of amides is 1. The van der Waals surface area contributed by atoms with E-state index in [0.29, 0.717) is 22.0 Å². The summed E-state index contributed by atoms with van der Waals surface area (Å²) in [6.45, 7) is 0. The smallest absolute Gasteiger partial charge is 0.271 e. The summed E-state index contributed by atoms with van der Waals surface area (Å²) in [5, 5.41) is 15.9. The van der Waals surface area contributed by atoms with E-state index in [9.17, 15) is 23.3 Å². The van der Waals surface area contributed by atoms with Crippen LogP contribution in [0.4, 0.5) is 10.8 Å². The minimum Gasteiger partial charge on any atom is -0.495 e. The molecule has 0 atom stereocenters. The number of carbonyl (C=O) groups excluding carboxylic acids is 1. The largest absolute Gasteiger partial charge is 0.495 e. The van der Waals surface area contributed by atoms with E-state index < -0.39 is 26.4 Å². The van der Waals surface area contributed by atoms with E-state index in [-0.39, 0.29) is 15.6 Å². The summed E-state index contributed by atoms with van der Waals surface area (Å²) in [6.07, 6.45) is 0.904. The fourth-order valence-electron chi connectivity index (χ4n) is 2.49. The topological polar surface area (TPSA) is 128 Å². The van der Waals surface area contributed by atoms with Gasteiger partial charge in [0.15, 0.2) is 15.0 Å². The van der Waals surface area contributed by atoms with Gasteiger partial charge < -0.3 is 4.74 Å². The lowest BCUT2D eigenvalue weighted by molar-refractivity contribution is -0.385. The van der Waals surface area contributed by atoms with Crippen LogP contribution in [0, 0.1) is 10.1 Å². The number of anilines is 1. The molecule has 1 heterocycles. The van der Waals surface area contributed by atoms with Crippen LogP contribution in [0.5, 0.6) is 5.75 Å². The first-order chi connectivity index (χ1) is 14.1. The predicted octanol–water partition coefficient (Wildman–Crippen LogP) is 4.04. The molecule has 3 rings (SSSR count). The summed E-state index contributed by atoms with van der Waals surface area (Å²) >= 11 is 7.25. The van der Waals surface area contributed by atoms with Crippen molar-refractivity contribution in [1.82, 2.24) is 4.98 Å². The highest BCUT2D eigenvalue weighted by atomic mass is 35.5. The summed E-state index contributed by atoms with van der Waals surface area (Å²) in [7, 11) is -2.25. The molecule has 1 aromatic heterocycles. The van der Waals surface area contributed by atoms with E-state index in [1.54, 1.807) is 23.6 Å². The Hall–Kier alpha value is -3.02. The van der Waals surface area contributed by atoms with Crippen LogP contribution in [-0.2, 0) is 9.84 Å². The first-order valence-corrected chi connectivity index (χ1v) is 11.3. The summed E-state index contributed by atoms with van der Waals surface area (Å²) < 4.78 is 28.7. The average molecular weight is 468 g/mol. The zero-order valence-corrected chi connectivity index (χ0v) is 18.0. The Morgan fingerprint density at radius 3 is 2.60 bits per heavy atom. The molecule has 0 fully saturated rings. The first kappa shape index (κ1) is 21.7. The number of rotatable bonds is 6. The van der Waals surface area contributed by atoms with Crippen LogP contribution in [0.2, 0.25) is 5.02 Å². The van der Waals surface area contributed by atoms with Crippen molar-refractivity contribution in [2.75, 3.05) is 18.7 Å². The third kappa shape index (κ3) is 4.75.